The van der Waals surface area contributed by atoms with E-state index in [-0.39, 0.29) is 51.3 Å². The van der Waals surface area contributed by atoms with Crippen LogP contribution in [0.25, 0.3) is 11.4 Å². The van der Waals surface area contributed by atoms with Crippen LogP contribution < -0.4 is 5.32 Å². The second-order valence-electron chi connectivity index (χ2n) is 8.91. The highest BCUT2D eigenvalue weighted by Crippen LogP contribution is 2.22. The van der Waals surface area contributed by atoms with Crippen molar-refractivity contribution in [1.29, 1.82) is 0 Å². The average molecular weight is 560 g/mol. The molecule has 3 amide bonds. The summed E-state index contributed by atoms with van der Waals surface area (Å²) in [6, 6.07) is 9.45. The smallest absolute Gasteiger partial charge is 0.409 e. The van der Waals surface area contributed by atoms with E-state index < -0.39 is 36.0 Å². The van der Waals surface area contributed by atoms with Gasteiger partial charge < -0.3 is 30.1 Å². The van der Waals surface area contributed by atoms with E-state index in [1.807, 2.05) is 18.2 Å². The van der Waals surface area contributed by atoms with Crippen molar-refractivity contribution in [3.63, 3.8) is 0 Å². The maximum Gasteiger partial charge on any atom is 0.409 e. The van der Waals surface area contributed by atoms with Crippen molar-refractivity contribution in [2.24, 2.45) is 0 Å². The number of hydrogen-bond acceptors (Lipinski definition) is 9. The zero-order chi connectivity index (χ0) is 28.4. The largest absolute Gasteiger partial charge is 0.481 e. The Morgan fingerprint density at radius 1 is 1.08 bits per heavy atom. The number of carboxylic acids is 1. The Morgan fingerprint density at radius 3 is 2.36 bits per heavy atom. The van der Waals surface area contributed by atoms with Crippen LogP contribution in [0.1, 0.15) is 37.2 Å². The third-order valence-corrected chi connectivity index (χ3v) is 6.96. The van der Waals surface area contributed by atoms with Gasteiger partial charge in [-0.05, 0) is 20.3 Å². The van der Waals surface area contributed by atoms with Crippen LogP contribution in [0.15, 0.2) is 41.4 Å². The van der Waals surface area contributed by atoms with Gasteiger partial charge in [-0.2, -0.15) is 0 Å². The lowest BCUT2D eigenvalue weighted by Crippen LogP contribution is -2.56. The van der Waals surface area contributed by atoms with Gasteiger partial charge in [0, 0.05) is 50.0 Å². The molecule has 0 radical (unpaired) electrons. The summed E-state index contributed by atoms with van der Waals surface area (Å²) in [7, 11) is 0. The number of nitrogens with one attached hydrogen (secondary N) is 1. The first-order chi connectivity index (χ1) is 18.7. The molecule has 2 aromatic rings. The Morgan fingerprint density at radius 2 is 1.74 bits per heavy atom. The van der Waals surface area contributed by atoms with Crippen LogP contribution in [0.3, 0.4) is 0 Å². The van der Waals surface area contributed by atoms with Crippen molar-refractivity contribution < 1.29 is 34.1 Å². The minimum atomic E-state index is -1.11. The number of aromatic nitrogens is 2. The molecule has 13 heteroatoms. The van der Waals surface area contributed by atoms with Crippen molar-refractivity contribution >= 4 is 35.6 Å². The highest BCUT2D eigenvalue weighted by atomic mass is 32.2. The van der Waals surface area contributed by atoms with Gasteiger partial charge in [-0.3, -0.25) is 14.4 Å². The molecule has 0 saturated carbocycles. The molecule has 0 aliphatic carbocycles. The van der Waals surface area contributed by atoms with E-state index in [0.717, 1.165) is 0 Å². The summed E-state index contributed by atoms with van der Waals surface area (Å²) in [5.41, 5.74) is 0.696. The van der Waals surface area contributed by atoms with E-state index in [0.29, 0.717) is 22.2 Å². The summed E-state index contributed by atoms with van der Waals surface area (Å²) in [4.78, 5) is 61.8. The number of nitrogens with zero attached hydrogens (tertiary/aromatic N) is 4. The van der Waals surface area contributed by atoms with E-state index in [9.17, 15) is 29.4 Å². The maximum atomic E-state index is 13.3. The highest BCUT2D eigenvalue weighted by molar-refractivity contribution is 7.99. The van der Waals surface area contributed by atoms with Crippen LogP contribution in [0, 0.1) is 0 Å². The molecular formula is C26H33N5O7S. The first-order valence-corrected chi connectivity index (χ1v) is 13.6. The molecule has 12 nitrogen and oxygen atoms in total. The van der Waals surface area contributed by atoms with Gasteiger partial charge in [0.25, 0.3) is 5.91 Å². The quantitative estimate of drug-likeness (QED) is 0.274. The molecule has 3 rings (SSSR count). The van der Waals surface area contributed by atoms with Crippen molar-refractivity contribution in [3.8, 4) is 11.4 Å². The van der Waals surface area contributed by atoms with E-state index >= 15 is 0 Å². The van der Waals surface area contributed by atoms with Gasteiger partial charge in [0.15, 0.2) is 5.82 Å². The number of rotatable bonds is 11. The zero-order valence-corrected chi connectivity index (χ0v) is 22.7. The van der Waals surface area contributed by atoms with Gasteiger partial charge in [-0.1, -0.05) is 30.3 Å². The Labute approximate surface area is 230 Å². The van der Waals surface area contributed by atoms with E-state index in [2.05, 4.69) is 15.3 Å². The lowest BCUT2D eigenvalue weighted by Gasteiger charge is -2.35. The standard InChI is InChI=1S/C26H33N5O7S/c1-3-38-26(37)31-13-11-30(12-14-31)25(36)19(9-10-22(33)34)28-24(35)20-15-21(39-16-17(2)32)29-23(27-20)18-7-5-4-6-8-18/h4-8,15,17,19,32H,3,9-14,16H2,1-2H3,(H,28,35)(H,33,34)/t17-,19?/m0/s1. The molecule has 0 bridgehead atoms. The topological polar surface area (TPSA) is 162 Å². The number of carbonyl (C=O) groups is 4. The predicted molar refractivity (Wildman–Crippen MR) is 143 cm³/mol. The number of amides is 3. The van der Waals surface area contributed by atoms with Crippen molar-refractivity contribution in [1.82, 2.24) is 25.1 Å². The average Bonchev–Trinajstić information content (AvgIpc) is 2.94. The SMILES string of the molecule is CCOC(=O)N1CCN(C(=O)C(CCC(=O)O)NC(=O)c2cc(SC[C@H](C)O)nc(-c3ccccc3)n2)CC1. The highest BCUT2D eigenvalue weighted by Gasteiger charge is 2.31. The maximum absolute atomic E-state index is 13.3. The number of aliphatic hydroxyl groups excluding tert-OH is 1. The molecule has 1 aliphatic heterocycles. The molecular weight excluding hydrogens is 526 g/mol. The number of hydrogen-bond donors (Lipinski definition) is 3. The van der Waals surface area contributed by atoms with E-state index in [1.54, 1.807) is 26.0 Å². The second-order valence-corrected chi connectivity index (χ2v) is 9.95. The lowest BCUT2D eigenvalue weighted by atomic mass is 10.1. The molecule has 210 valence electrons. The Hall–Kier alpha value is -3.71. The van der Waals surface area contributed by atoms with Crippen LogP contribution in [-0.4, -0.2) is 105 Å². The summed E-state index contributed by atoms with van der Waals surface area (Å²) in [5, 5.41) is 22.0. The fourth-order valence-corrected chi connectivity index (χ4v) is 4.60. The third-order valence-electron chi connectivity index (χ3n) is 5.81. The Balaban J connectivity index is 1.79. The number of aliphatic hydroxyl groups is 1. The summed E-state index contributed by atoms with van der Waals surface area (Å²) < 4.78 is 5.01. The summed E-state index contributed by atoms with van der Waals surface area (Å²) >= 11 is 1.26. The molecule has 2 heterocycles. The second kappa shape index (κ2) is 14.4. The molecule has 1 saturated heterocycles. The Bertz CT molecular complexity index is 1160. The van der Waals surface area contributed by atoms with Crippen LogP contribution in [0.2, 0.25) is 0 Å². The first kappa shape index (κ1) is 29.8. The minimum absolute atomic E-state index is 0.0113. The monoisotopic (exact) mass is 559 g/mol. The van der Waals surface area contributed by atoms with Gasteiger partial charge in [0.1, 0.15) is 16.8 Å². The van der Waals surface area contributed by atoms with E-state index in [1.165, 1.54) is 27.6 Å². The number of ether oxygens (including phenoxy) is 1. The lowest BCUT2D eigenvalue weighted by molar-refractivity contribution is -0.138. The summed E-state index contributed by atoms with van der Waals surface area (Å²) in [6.07, 6.45) is -1.49. The van der Waals surface area contributed by atoms with Gasteiger partial charge in [-0.15, -0.1) is 11.8 Å². The molecule has 39 heavy (non-hydrogen) atoms. The van der Waals surface area contributed by atoms with Crippen LogP contribution in [0.4, 0.5) is 4.79 Å². The van der Waals surface area contributed by atoms with Crippen LogP contribution in [-0.2, 0) is 14.3 Å². The molecule has 1 aromatic carbocycles. The number of thioether (sulfide) groups is 1. The number of carboxylic acid groups (broad SMARTS) is 1. The van der Waals surface area contributed by atoms with Crippen LogP contribution >= 0.6 is 11.8 Å². The van der Waals surface area contributed by atoms with Gasteiger partial charge in [0.2, 0.25) is 5.91 Å². The minimum Gasteiger partial charge on any atom is -0.481 e. The molecule has 3 N–H and O–H groups in total. The molecule has 1 unspecified atom stereocenters. The zero-order valence-electron chi connectivity index (χ0n) is 21.9. The number of carbonyl (C=O) groups excluding carboxylic acids is 3. The molecule has 1 aromatic heterocycles. The number of aliphatic carboxylic acids is 1. The normalized spacial score (nSPS) is 14.8. The Kier molecular flexibility index (Phi) is 11.1. The first-order valence-electron chi connectivity index (χ1n) is 12.7. The molecule has 2 atom stereocenters. The predicted octanol–water partition coefficient (Wildman–Crippen LogP) is 1.88. The third kappa shape index (κ3) is 8.93. The summed E-state index contributed by atoms with van der Waals surface area (Å²) in [6.45, 7) is 4.58. The molecule has 0 spiro atoms. The van der Waals surface area contributed by atoms with Crippen molar-refractivity contribution in [2.75, 3.05) is 38.5 Å². The fraction of sp³-hybridized carbons (Fsp3) is 0.462. The molecule has 1 aliphatic rings. The van der Waals surface area contributed by atoms with Crippen LogP contribution in [0.5, 0.6) is 0 Å². The van der Waals surface area contributed by atoms with Gasteiger partial charge in [-0.25, -0.2) is 14.8 Å². The molecule has 1 fully saturated rings. The van der Waals surface area contributed by atoms with Gasteiger partial charge >= 0.3 is 12.1 Å². The number of benzene rings is 1. The van der Waals surface area contributed by atoms with Crippen molar-refractivity contribution in [3.05, 3.63) is 42.1 Å². The van der Waals surface area contributed by atoms with Crippen molar-refractivity contribution in [2.45, 2.75) is 43.9 Å². The number of piperazine rings is 1. The fourth-order valence-electron chi connectivity index (χ4n) is 3.84. The summed E-state index contributed by atoms with van der Waals surface area (Å²) in [5.74, 6) is -1.53. The van der Waals surface area contributed by atoms with E-state index in [4.69, 9.17) is 4.74 Å². The van der Waals surface area contributed by atoms with Gasteiger partial charge in [0.05, 0.1) is 12.7 Å².